The van der Waals surface area contributed by atoms with Gasteiger partial charge in [-0.3, -0.25) is 4.79 Å². The smallest absolute Gasteiger partial charge is 0.263 e. The Labute approximate surface area is 114 Å². The lowest BCUT2D eigenvalue weighted by atomic mass is 10.3. The molecule has 2 rings (SSSR count). The maximum Gasteiger partial charge on any atom is 0.263 e. The Bertz CT molecular complexity index is 426. The van der Waals surface area contributed by atoms with Crippen molar-refractivity contribution in [1.29, 1.82) is 0 Å². The largest absolute Gasteiger partial charge is 0.481 e. The zero-order valence-electron chi connectivity index (χ0n) is 10.2. The number of ether oxygens (including phenoxy) is 1. The molecule has 0 radical (unpaired) electrons. The average Bonchev–Trinajstić information content (AvgIpc) is 2.79. The Morgan fingerprint density at radius 3 is 2.67 bits per heavy atom. The Kier molecular flexibility index (Phi) is 4.22. The number of carbonyl (C=O) groups excluding carboxylic acids is 1. The lowest BCUT2D eigenvalue weighted by molar-refractivity contribution is -0.136. The minimum absolute atomic E-state index is 0.0344. The number of rotatable bonds is 3. The van der Waals surface area contributed by atoms with Crippen LogP contribution in [0.2, 0.25) is 0 Å². The summed E-state index contributed by atoms with van der Waals surface area (Å²) in [5, 5.41) is 0. The van der Waals surface area contributed by atoms with Gasteiger partial charge in [-0.2, -0.15) is 0 Å². The highest BCUT2D eigenvalue weighted by atomic mass is 79.9. The number of halogens is 2. The Morgan fingerprint density at radius 2 is 2.06 bits per heavy atom. The predicted molar refractivity (Wildman–Crippen MR) is 70.0 cm³/mol. The third-order valence-corrected chi connectivity index (χ3v) is 3.37. The van der Waals surface area contributed by atoms with Crippen molar-refractivity contribution in [3.05, 3.63) is 28.5 Å². The van der Waals surface area contributed by atoms with E-state index in [1.165, 1.54) is 12.1 Å². The number of benzene rings is 1. The van der Waals surface area contributed by atoms with Gasteiger partial charge in [0.1, 0.15) is 11.6 Å². The molecule has 1 amide bonds. The molecule has 1 atom stereocenters. The van der Waals surface area contributed by atoms with Crippen LogP contribution in [0, 0.1) is 5.82 Å². The molecule has 0 saturated carbocycles. The number of carbonyl (C=O) groups is 1. The second-order valence-electron chi connectivity index (χ2n) is 4.40. The fourth-order valence-electron chi connectivity index (χ4n) is 2.05. The Hall–Kier alpha value is -1.10. The summed E-state index contributed by atoms with van der Waals surface area (Å²) in [6.45, 7) is 3.28. The quantitative estimate of drug-likeness (QED) is 0.858. The van der Waals surface area contributed by atoms with Crippen molar-refractivity contribution in [2.75, 3.05) is 13.1 Å². The summed E-state index contributed by atoms with van der Waals surface area (Å²) in [4.78, 5) is 13.8. The van der Waals surface area contributed by atoms with Crippen LogP contribution >= 0.6 is 15.9 Å². The second-order valence-corrected chi connectivity index (χ2v) is 5.31. The number of hydrogen-bond donors (Lipinski definition) is 0. The van der Waals surface area contributed by atoms with E-state index in [1.807, 2.05) is 0 Å². The highest BCUT2D eigenvalue weighted by molar-refractivity contribution is 9.10. The van der Waals surface area contributed by atoms with Gasteiger partial charge < -0.3 is 9.64 Å². The van der Waals surface area contributed by atoms with E-state index in [1.54, 1.807) is 17.9 Å². The predicted octanol–water partition coefficient (Wildman–Crippen LogP) is 2.98. The van der Waals surface area contributed by atoms with Gasteiger partial charge in [0, 0.05) is 23.6 Å². The maximum atomic E-state index is 13.2. The molecule has 1 aromatic carbocycles. The topological polar surface area (TPSA) is 29.5 Å². The molecule has 0 N–H and O–H groups in total. The standard InChI is InChI=1S/C13H15BrFNO2/c1-9(13(17)16-4-2-3-5-16)18-12-7-10(14)6-11(15)8-12/h6-9H,2-5H2,1H3. The minimum atomic E-state index is -0.586. The summed E-state index contributed by atoms with van der Waals surface area (Å²) in [5.74, 6) is -0.0602. The minimum Gasteiger partial charge on any atom is -0.481 e. The summed E-state index contributed by atoms with van der Waals surface area (Å²) in [5.41, 5.74) is 0. The molecule has 1 aromatic rings. The highest BCUT2D eigenvalue weighted by Crippen LogP contribution is 2.22. The molecule has 0 spiro atoms. The molecule has 0 aliphatic carbocycles. The van der Waals surface area contributed by atoms with Crippen molar-refractivity contribution in [3.63, 3.8) is 0 Å². The molecule has 1 saturated heterocycles. The van der Waals surface area contributed by atoms with Gasteiger partial charge in [-0.05, 0) is 31.9 Å². The van der Waals surface area contributed by atoms with Crippen LogP contribution in [0.3, 0.4) is 0 Å². The first-order valence-electron chi connectivity index (χ1n) is 5.98. The lowest BCUT2D eigenvalue weighted by Crippen LogP contribution is -2.38. The van der Waals surface area contributed by atoms with Crippen LogP contribution in [-0.2, 0) is 4.79 Å². The van der Waals surface area contributed by atoms with E-state index in [0.717, 1.165) is 25.9 Å². The summed E-state index contributed by atoms with van der Waals surface area (Å²) in [6, 6.07) is 4.27. The third-order valence-electron chi connectivity index (χ3n) is 2.91. The van der Waals surface area contributed by atoms with Crippen LogP contribution in [0.4, 0.5) is 4.39 Å². The number of nitrogens with zero attached hydrogens (tertiary/aromatic N) is 1. The summed E-state index contributed by atoms with van der Waals surface area (Å²) >= 11 is 3.19. The summed E-state index contributed by atoms with van der Waals surface area (Å²) in [7, 11) is 0. The van der Waals surface area contributed by atoms with Gasteiger partial charge >= 0.3 is 0 Å². The second kappa shape index (κ2) is 5.69. The summed E-state index contributed by atoms with van der Waals surface area (Å²) in [6.07, 6.45) is 1.50. The first kappa shape index (κ1) is 13.3. The summed E-state index contributed by atoms with van der Waals surface area (Å²) < 4.78 is 19.3. The van der Waals surface area contributed by atoms with E-state index in [2.05, 4.69) is 15.9 Å². The molecule has 1 aliphatic heterocycles. The van der Waals surface area contributed by atoms with Crippen molar-refractivity contribution in [1.82, 2.24) is 4.90 Å². The molecule has 3 nitrogen and oxygen atoms in total. The monoisotopic (exact) mass is 315 g/mol. The molecular formula is C13H15BrFNO2. The number of hydrogen-bond acceptors (Lipinski definition) is 2. The molecule has 5 heteroatoms. The molecule has 1 unspecified atom stereocenters. The molecule has 1 fully saturated rings. The molecule has 1 aliphatic rings. The average molecular weight is 316 g/mol. The van der Waals surface area contributed by atoms with Crippen molar-refractivity contribution in [2.24, 2.45) is 0 Å². The highest BCUT2D eigenvalue weighted by Gasteiger charge is 2.24. The molecule has 0 aromatic heterocycles. The SMILES string of the molecule is CC(Oc1cc(F)cc(Br)c1)C(=O)N1CCCC1. The van der Waals surface area contributed by atoms with Gasteiger partial charge in [-0.15, -0.1) is 0 Å². The fourth-order valence-corrected chi connectivity index (χ4v) is 2.49. The van der Waals surface area contributed by atoms with Crippen molar-refractivity contribution in [3.8, 4) is 5.75 Å². The van der Waals surface area contributed by atoms with Crippen LogP contribution in [-0.4, -0.2) is 30.0 Å². The zero-order chi connectivity index (χ0) is 13.1. The molecule has 0 bridgehead atoms. The fraction of sp³-hybridized carbons (Fsp3) is 0.462. The van der Waals surface area contributed by atoms with Crippen molar-refractivity contribution >= 4 is 21.8 Å². The van der Waals surface area contributed by atoms with Crippen molar-refractivity contribution in [2.45, 2.75) is 25.9 Å². The molecule has 1 heterocycles. The van der Waals surface area contributed by atoms with Crippen LogP contribution in [0.1, 0.15) is 19.8 Å². The van der Waals surface area contributed by atoms with E-state index in [0.29, 0.717) is 10.2 Å². The van der Waals surface area contributed by atoms with Crippen LogP contribution < -0.4 is 4.74 Å². The van der Waals surface area contributed by atoms with Gasteiger partial charge in [-0.25, -0.2) is 4.39 Å². The van der Waals surface area contributed by atoms with Crippen LogP contribution in [0.15, 0.2) is 22.7 Å². The van der Waals surface area contributed by atoms with E-state index in [-0.39, 0.29) is 11.7 Å². The van der Waals surface area contributed by atoms with Gasteiger partial charge in [0.2, 0.25) is 0 Å². The third kappa shape index (κ3) is 3.22. The molecular weight excluding hydrogens is 301 g/mol. The maximum absolute atomic E-state index is 13.2. The van der Waals surface area contributed by atoms with E-state index >= 15 is 0 Å². The molecule has 98 valence electrons. The number of likely N-dealkylation sites (tertiary alicyclic amines) is 1. The normalized spacial score (nSPS) is 16.7. The lowest BCUT2D eigenvalue weighted by Gasteiger charge is -2.21. The van der Waals surface area contributed by atoms with Gasteiger partial charge in [-0.1, -0.05) is 15.9 Å². The van der Waals surface area contributed by atoms with E-state index < -0.39 is 6.10 Å². The van der Waals surface area contributed by atoms with Crippen LogP contribution in [0.5, 0.6) is 5.75 Å². The Balaban J connectivity index is 2.01. The van der Waals surface area contributed by atoms with E-state index in [4.69, 9.17) is 4.74 Å². The molecule has 18 heavy (non-hydrogen) atoms. The Morgan fingerprint density at radius 1 is 1.39 bits per heavy atom. The van der Waals surface area contributed by atoms with Gasteiger partial charge in [0.05, 0.1) is 0 Å². The number of amides is 1. The zero-order valence-corrected chi connectivity index (χ0v) is 11.7. The first-order chi connectivity index (χ1) is 8.56. The van der Waals surface area contributed by atoms with Gasteiger partial charge in [0.15, 0.2) is 6.10 Å². The van der Waals surface area contributed by atoms with Crippen molar-refractivity contribution < 1.29 is 13.9 Å². The van der Waals surface area contributed by atoms with E-state index in [9.17, 15) is 9.18 Å². The van der Waals surface area contributed by atoms with Crippen LogP contribution in [0.25, 0.3) is 0 Å². The van der Waals surface area contributed by atoms with Gasteiger partial charge in [0.25, 0.3) is 5.91 Å². The first-order valence-corrected chi connectivity index (χ1v) is 6.77.